The fourth-order valence-electron chi connectivity index (χ4n) is 5.91. The van der Waals surface area contributed by atoms with E-state index in [-0.39, 0.29) is 29.5 Å². The van der Waals surface area contributed by atoms with Gasteiger partial charge in [-0.25, -0.2) is 4.79 Å². The predicted molar refractivity (Wildman–Crippen MR) is 125 cm³/mol. The fourth-order valence-corrected chi connectivity index (χ4v) is 7.43. The van der Waals surface area contributed by atoms with E-state index in [9.17, 15) is 24.6 Å². The van der Waals surface area contributed by atoms with Crippen molar-refractivity contribution >= 4 is 29.5 Å². The van der Waals surface area contributed by atoms with Crippen LogP contribution in [0.5, 0.6) is 0 Å². The Kier molecular flexibility index (Phi) is 7.38. The van der Waals surface area contributed by atoms with Gasteiger partial charge in [0.05, 0.1) is 24.6 Å². The number of carboxylic acids is 1. The van der Waals surface area contributed by atoms with Gasteiger partial charge in [-0.3, -0.25) is 9.59 Å². The number of nitrogens with one attached hydrogen (secondary N) is 1. The van der Waals surface area contributed by atoms with E-state index in [4.69, 9.17) is 0 Å². The number of carbonyl (C=O) groups excluding carboxylic acids is 2. The van der Waals surface area contributed by atoms with E-state index in [1.165, 1.54) is 4.90 Å². The average Bonchev–Trinajstić information content (AvgIpc) is 3.29. The third-order valence-corrected chi connectivity index (χ3v) is 9.18. The van der Waals surface area contributed by atoms with Gasteiger partial charge >= 0.3 is 5.97 Å². The second-order valence-corrected chi connectivity index (χ2v) is 11.3. The first-order valence-corrected chi connectivity index (χ1v) is 12.9. The average molecular weight is 481 g/mol. The number of rotatable bonds is 8. The number of hydrogen-bond acceptors (Lipinski definition) is 7. The maximum atomic E-state index is 12.5. The molecule has 0 aromatic carbocycles. The summed E-state index contributed by atoms with van der Waals surface area (Å²) in [6.07, 6.45) is 2.26. The van der Waals surface area contributed by atoms with Crippen molar-refractivity contribution in [2.24, 2.45) is 17.8 Å². The van der Waals surface area contributed by atoms with Crippen LogP contribution in [-0.2, 0) is 14.4 Å². The monoisotopic (exact) mass is 480 g/mol. The smallest absolute Gasteiger partial charge is 0.353 e. The Morgan fingerprint density at radius 2 is 1.91 bits per heavy atom. The largest absolute Gasteiger partial charge is 0.477 e. The number of β-lactam (4-membered cyclic amide) rings is 1. The number of amides is 2. The van der Waals surface area contributed by atoms with Crippen LogP contribution in [0, 0.1) is 17.8 Å². The Bertz CT molecular complexity index is 826. The van der Waals surface area contributed by atoms with Crippen molar-refractivity contribution in [3.05, 3.63) is 10.6 Å². The summed E-state index contributed by atoms with van der Waals surface area (Å²) in [6, 6.07) is -0.251. The van der Waals surface area contributed by atoms with Crippen molar-refractivity contribution in [2.75, 3.05) is 46.3 Å². The summed E-state index contributed by atoms with van der Waals surface area (Å²) in [5.41, 5.74) is 0.122. The van der Waals surface area contributed by atoms with Crippen molar-refractivity contribution in [1.82, 2.24) is 20.0 Å². The van der Waals surface area contributed by atoms with Gasteiger partial charge in [-0.05, 0) is 45.7 Å². The quantitative estimate of drug-likeness (QED) is 0.428. The molecular weight excluding hydrogens is 444 g/mol. The Morgan fingerprint density at radius 1 is 1.21 bits per heavy atom. The number of hydrogen-bond donors (Lipinski definition) is 3. The van der Waals surface area contributed by atoms with Crippen LogP contribution in [0.2, 0.25) is 0 Å². The number of carbonyl (C=O) groups is 3. The molecule has 0 aromatic heterocycles. The third-order valence-electron chi connectivity index (χ3n) is 7.65. The highest BCUT2D eigenvalue weighted by atomic mass is 32.2. The Morgan fingerprint density at radius 3 is 2.52 bits per heavy atom. The van der Waals surface area contributed by atoms with E-state index in [1.807, 2.05) is 11.8 Å². The van der Waals surface area contributed by atoms with Gasteiger partial charge in [0, 0.05) is 42.3 Å². The molecule has 0 spiro atoms. The van der Waals surface area contributed by atoms with Crippen molar-refractivity contribution < 1.29 is 24.6 Å². The zero-order valence-electron chi connectivity index (χ0n) is 19.7. The van der Waals surface area contributed by atoms with Crippen molar-refractivity contribution in [3.8, 4) is 0 Å². The molecule has 0 saturated carbocycles. The zero-order chi connectivity index (χ0) is 23.9. The maximum Gasteiger partial charge on any atom is 0.353 e. The van der Waals surface area contributed by atoms with Gasteiger partial charge in [0.15, 0.2) is 0 Å². The Labute approximate surface area is 199 Å². The summed E-state index contributed by atoms with van der Waals surface area (Å²) < 4.78 is 0. The number of carboxylic acid groups (broad SMARTS) is 1. The molecule has 1 unspecified atom stereocenters. The standard InChI is InChI=1S/C23H36N4O5S/c1-13-19-18(14(2)28)22(30)27(19)20(23(31)32)21(13)33-16-6-7-25(12-16)11-15-4-8-26(9-5-15)17(29)10-24-3/h13-16,18-19,24,28H,4-12H2,1-3H3,(H,31,32)/t13-,14-,16?,18-,19-/m1/s1. The Hall–Kier alpha value is -1.62. The van der Waals surface area contributed by atoms with E-state index >= 15 is 0 Å². The second kappa shape index (κ2) is 9.93. The van der Waals surface area contributed by atoms with Crippen LogP contribution in [0.3, 0.4) is 0 Å². The lowest BCUT2D eigenvalue weighted by Gasteiger charge is -2.46. The first-order chi connectivity index (χ1) is 15.7. The molecule has 5 atom stereocenters. The van der Waals surface area contributed by atoms with Crippen molar-refractivity contribution in [3.63, 3.8) is 0 Å². The minimum atomic E-state index is -1.06. The highest BCUT2D eigenvalue weighted by molar-refractivity contribution is 8.03. The molecule has 10 heteroatoms. The first kappa shape index (κ1) is 24.5. The van der Waals surface area contributed by atoms with Crippen molar-refractivity contribution in [2.45, 2.75) is 50.5 Å². The molecule has 0 aromatic rings. The number of aliphatic carboxylic acids is 1. The lowest BCUT2D eigenvalue weighted by molar-refractivity contribution is -0.163. The maximum absolute atomic E-state index is 12.5. The lowest BCUT2D eigenvalue weighted by atomic mass is 9.79. The van der Waals surface area contributed by atoms with Gasteiger partial charge in [0.1, 0.15) is 5.70 Å². The number of likely N-dealkylation sites (N-methyl/N-ethyl adjacent to an activating group) is 1. The molecule has 4 heterocycles. The molecule has 4 rings (SSSR count). The van der Waals surface area contributed by atoms with Crippen LogP contribution in [0.4, 0.5) is 0 Å². The molecule has 2 amide bonds. The fraction of sp³-hybridized carbons (Fsp3) is 0.783. The van der Waals surface area contributed by atoms with Crippen LogP contribution in [0.25, 0.3) is 0 Å². The van der Waals surface area contributed by atoms with E-state index < -0.39 is 18.0 Å². The zero-order valence-corrected chi connectivity index (χ0v) is 20.5. The molecule has 33 heavy (non-hydrogen) atoms. The van der Waals surface area contributed by atoms with Gasteiger partial charge in [-0.1, -0.05) is 6.92 Å². The van der Waals surface area contributed by atoms with Crippen LogP contribution in [0.1, 0.15) is 33.1 Å². The summed E-state index contributed by atoms with van der Waals surface area (Å²) in [6.45, 7) is 8.53. The second-order valence-electron chi connectivity index (χ2n) is 9.91. The minimum Gasteiger partial charge on any atom is -0.477 e. The van der Waals surface area contributed by atoms with E-state index in [0.29, 0.717) is 17.7 Å². The molecule has 4 aliphatic rings. The molecule has 0 radical (unpaired) electrons. The molecule has 3 fully saturated rings. The lowest BCUT2D eigenvalue weighted by Crippen LogP contribution is -2.63. The summed E-state index contributed by atoms with van der Waals surface area (Å²) in [5.74, 6) is -1.17. The van der Waals surface area contributed by atoms with Gasteiger partial charge in [-0.2, -0.15) is 0 Å². The van der Waals surface area contributed by atoms with Crippen LogP contribution >= 0.6 is 11.8 Å². The highest BCUT2D eigenvalue weighted by Crippen LogP contribution is 2.51. The van der Waals surface area contributed by atoms with E-state index in [1.54, 1.807) is 25.7 Å². The molecular formula is C23H36N4O5S. The normalized spacial score (nSPS) is 31.7. The van der Waals surface area contributed by atoms with Crippen LogP contribution in [-0.4, -0.2) is 106 Å². The predicted octanol–water partition coefficient (Wildman–Crippen LogP) is 0.406. The topological polar surface area (TPSA) is 113 Å². The molecule has 3 N–H and O–H groups in total. The number of aliphatic hydroxyl groups excluding tert-OH is 1. The summed E-state index contributed by atoms with van der Waals surface area (Å²) in [4.78, 5) is 43.2. The minimum absolute atomic E-state index is 0.0769. The van der Waals surface area contributed by atoms with Gasteiger partial charge in [0.2, 0.25) is 11.8 Å². The summed E-state index contributed by atoms with van der Waals surface area (Å²) in [5, 5.41) is 23.1. The number of likely N-dealkylation sites (tertiary alicyclic amines) is 2. The summed E-state index contributed by atoms with van der Waals surface area (Å²) >= 11 is 1.62. The summed E-state index contributed by atoms with van der Waals surface area (Å²) in [7, 11) is 1.79. The van der Waals surface area contributed by atoms with Crippen molar-refractivity contribution in [1.29, 1.82) is 0 Å². The molecule has 0 bridgehead atoms. The molecule has 0 aliphatic carbocycles. The van der Waals surface area contributed by atoms with Crippen LogP contribution < -0.4 is 5.32 Å². The molecule has 3 saturated heterocycles. The van der Waals surface area contributed by atoms with Crippen LogP contribution in [0.15, 0.2) is 10.6 Å². The Balaban J connectivity index is 1.32. The van der Waals surface area contributed by atoms with Gasteiger partial charge in [0.25, 0.3) is 0 Å². The molecule has 9 nitrogen and oxygen atoms in total. The van der Waals surface area contributed by atoms with E-state index in [0.717, 1.165) is 56.9 Å². The molecule has 184 valence electrons. The third kappa shape index (κ3) is 4.67. The number of fused-ring (bicyclic) bond motifs is 1. The van der Waals surface area contributed by atoms with E-state index in [2.05, 4.69) is 10.2 Å². The van der Waals surface area contributed by atoms with Gasteiger partial charge < -0.3 is 30.2 Å². The van der Waals surface area contributed by atoms with Gasteiger partial charge in [-0.15, -0.1) is 11.8 Å². The first-order valence-electron chi connectivity index (χ1n) is 12.0. The number of thioether (sulfide) groups is 1. The SMILES string of the molecule is CNCC(=O)N1CCC(CN2CCC(SC3=C(C(=O)O)N4C(=O)[C@H]([C@@H](C)O)[C@H]4[C@H]3C)C2)CC1. The highest BCUT2D eigenvalue weighted by Gasteiger charge is 2.60. The molecule has 4 aliphatic heterocycles. The number of piperidine rings is 1. The number of nitrogens with zero attached hydrogens (tertiary/aromatic N) is 3. The number of aliphatic hydroxyl groups is 1.